The Morgan fingerprint density at radius 2 is 2.33 bits per heavy atom. The number of hydrogen-bond acceptors (Lipinski definition) is 3. The van der Waals surface area contributed by atoms with Gasteiger partial charge in [-0.1, -0.05) is 12.1 Å². The molecule has 0 saturated heterocycles. The molecule has 0 bridgehead atoms. The zero-order valence-corrected chi connectivity index (χ0v) is 8.48. The van der Waals surface area contributed by atoms with E-state index < -0.39 is 0 Å². The molecule has 1 aromatic carbocycles. The minimum Gasteiger partial charge on any atom is -0.508 e. The summed E-state index contributed by atoms with van der Waals surface area (Å²) >= 11 is 0. The van der Waals surface area contributed by atoms with Crippen molar-refractivity contribution in [2.24, 2.45) is 5.92 Å². The molecular formula is C12H14N2O. The van der Waals surface area contributed by atoms with Crippen LogP contribution in [0.4, 0.5) is 0 Å². The number of benzene rings is 1. The second-order valence-corrected chi connectivity index (χ2v) is 4.01. The molecule has 0 heterocycles. The zero-order valence-electron chi connectivity index (χ0n) is 8.48. The number of aromatic hydroxyl groups is 1. The lowest BCUT2D eigenvalue weighted by atomic mass is 10.1. The number of nitrogens with zero attached hydrogens (tertiary/aromatic N) is 1. The Morgan fingerprint density at radius 3 is 2.93 bits per heavy atom. The molecular weight excluding hydrogens is 188 g/mol. The maximum Gasteiger partial charge on any atom is 0.121 e. The summed E-state index contributed by atoms with van der Waals surface area (Å²) in [5.74, 6) is 0.958. The smallest absolute Gasteiger partial charge is 0.121 e. The molecule has 0 radical (unpaired) electrons. The van der Waals surface area contributed by atoms with Gasteiger partial charge in [-0.15, -0.1) is 0 Å². The highest BCUT2D eigenvalue weighted by atomic mass is 16.3. The van der Waals surface area contributed by atoms with E-state index in [0.29, 0.717) is 0 Å². The molecule has 78 valence electrons. The molecule has 0 aliphatic heterocycles. The van der Waals surface area contributed by atoms with E-state index in [1.807, 2.05) is 6.07 Å². The minimum atomic E-state index is -0.308. The maximum atomic E-state index is 9.31. The van der Waals surface area contributed by atoms with Crippen LogP contribution in [0.2, 0.25) is 0 Å². The van der Waals surface area contributed by atoms with Crippen LogP contribution in [0, 0.1) is 17.2 Å². The van der Waals surface area contributed by atoms with Crippen LogP contribution in [0.25, 0.3) is 0 Å². The number of hydrogen-bond donors (Lipinski definition) is 2. The van der Waals surface area contributed by atoms with Gasteiger partial charge >= 0.3 is 0 Å². The van der Waals surface area contributed by atoms with Crippen molar-refractivity contribution in [1.82, 2.24) is 5.32 Å². The third-order valence-corrected chi connectivity index (χ3v) is 2.64. The standard InChI is InChI=1S/C12H14N2O/c13-7-12(14-8-9-4-5-9)10-2-1-3-11(15)6-10/h1-3,6,9,12,14-15H,4-5,8H2. The number of nitrogens with one attached hydrogen (secondary N) is 1. The normalized spacial score (nSPS) is 17.0. The van der Waals surface area contributed by atoms with Gasteiger partial charge < -0.3 is 5.11 Å². The van der Waals surface area contributed by atoms with E-state index in [4.69, 9.17) is 5.26 Å². The molecule has 0 amide bonds. The molecule has 15 heavy (non-hydrogen) atoms. The van der Waals surface area contributed by atoms with Crippen LogP contribution in [0.15, 0.2) is 24.3 Å². The van der Waals surface area contributed by atoms with Gasteiger partial charge in [0.1, 0.15) is 11.8 Å². The van der Waals surface area contributed by atoms with Crippen molar-refractivity contribution in [3.63, 3.8) is 0 Å². The minimum absolute atomic E-state index is 0.209. The lowest BCUT2D eigenvalue weighted by Crippen LogP contribution is -2.22. The van der Waals surface area contributed by atoms with Gasteiger partial charge in [0.25, 0.3) is 0 Å². The Labute approximate surface area is 89.4 Å². The van der Waals surface area contributed by atoms with E-state index in [-0.39, 0.29) is 11.8 Å². The molecule has 1 fully saturated rings. The topological polar surface area (TPSA) is 56.0 Å². The summed E-state index contributed by atoms with van der Waals surface area (Å²) in [5.41, 5.74) is 0.832. The molecule has 0 aromatic heterocycles. The summed E-state index contributed by atoms with van der Waals surface area (Å²) in [6.45, 7) is 0.897. The second kappa shape index (κ2) is 4.33. The molecule has 1 atom stereocenters. The summed E-state index contributed by atoms with van der Waals surface area (Å²) in [7, 11) is 0. The van der Waals surface area contributed by atoms with Crippen molar-refractivity contribution in [3.05, 3.63) is 29.8 Å². The van der Waals surface area contributed by atoms with Crippen molar-refractivity contribution in [2.45, 2.75) is 18.9 Å². The highest BCUT2D eigenvalue weighted by Gasteiger charge is 2.22. The summed E-state index contributed by atoms with van der Waals surface area (Å²) in [6.07, 6.45) is 2.54. The highest BCUT2D eigenvalue weighted by Crippen LogP contribution is 2.28. The molecule has 0 spiro atoms. The van der Waals surface area contributed by atoms with Gasteiger partial charge in [0.05, 0.1) is 6.07 Å². The van der Waals surface area contributed by atoms with Crippen LogP contribution < -0.4 is 5.32 Å². The molecule has 1 aliphatic carbocycles. The second-order valence-electron chi connectivity index (χ2n) is 4.01. The Morgan fingerprint density at radius 1 is 1.53 bits per heavy atom. The number of phenols is 1. The first-order valence-electron chi connectivity index (χ1n) is 5.21. The van der Waals surface area contributed by atoms with Crippen LogP contribution in [0.1, 0.15) is 24.4 Å². The van der Waals surface area contributed by atoms with Gasteiger partial charge in [0, 0.05) is 0 Å². The molecule has 2 N–H and O–H groups in total. The molecule has 1 aliphatic rings. The maximum absolute atomic E-state index is 9.31. The van der Waals surface area contributed by atoms with E-state index >= 15 is 0 Å². The fraction of sp³-hybridized carbons (Fsp3) is 0.417. The van der Waals surface area contributed by atoms with Crippen LogP contribution in [-0.2, 0) is 0 Å². The SMILES string of the molecule is N#CC(NCC1CC1)c1cccc(O)c1. The van der Waals surface area contributed by atoms with Crippen LogP contribution >= 0.6 is 0 Å². The summed E-state index contributed by atoms with van der Waals surface area (Å²) in [4.78, 5) is 0. The Hall–Kier alpha value is -1.53. The Kier molecular flexibility index (Phi) is 2.89. The van der Waals surface area contributed by atoms with E-state index in [2.05, 4.69) is 11.4 Å². The quantitative estimate of drug-likeness (QED) is 0.784. The number of rotatable bonds is 4. The average Bonchev–Trinajstić information content (AvgIpc) is 3.03. The molecule has 1 unspecified atom stereocenters. The van der Waals surface area contributed by atoms with Crippen LogP contribution in [0.3, 0.4) is 0 Å². The predicted octanol–water partition coefficient (Wildman–Crippen LogP) is 1.96. The fourth-order valence-corrected chi connectivity index (χ4v) is 1.55. The van der Waals surface area contributed by atoms with Crippen molar-refractivity contribution in [1.29, 1.82) is 5.26 Å². The first-order valence-corrected chi connectivity index (χ1v) is 5.21. The number of nitriles is 1. The Bertz CT molecular complexity index is 379. The monoisotopic (exact) mass is 202 g/mol. The summed E-state index contributed by atoms with van der Waals surface area (Å²) in [5, 5.41) is 21.5. The highest BCUT2D eigenvalue weighted by molar-refractivity contribution is 5.32. The lowest BCUT2D eigenvalue weighted by Gasteiger charge is -2.11. The van der Waals surface area contributed by atoms with Crippen LogP contribution in [0.5, 0.6) is 5.75 Å². The van der Waals surface area contributed by atoms with E-state index in [0.717, 1.165) is 18.0 Å². The molecule has 3 nitrogen and oxygen atoms in total. The molecule has 3 heteroatoms. The summed E-state index contributed by atoms with van der Waals surface area (Å²) in [6, 6.07) is 8.75. The van der Waals surface area contributed by atoms with Crippen LogP contribution in [-0.4, -0.2) is 11.7 Å². The number of phenolic OH excluding ortho intramolecular Hbond substituents is 1. The molecule has 2 rings (SSSR count). The van der Waals surface area contributed by atoms with Gasteiger partial charge in [0.2, 0.25) is 0 Å². The summed E-state index contributed by atoms with van der Waals surface area (Å²) < 4.78 is 0. The van der Waals surface area contributed by atoms with Crippen molar-refractivity contribution < 1.29 is 5.11 Å². The van der Waals surface area contributed by atoms with Gasteiger partial charge in [-0.3, -0.25) is 5.32 Å². The molecule has 1 aromatic rings. The molecule has 1 saturated carbocycles. The van der Waals surface area contributed by atoms with Crippen molar-refractivity contribution in [3.8, 4) is 11.8 Å². The fourth-order valence-electron chi connectivity index (χ4n) is 1.55. The lowest BCUT2D eigenvalue weighted by molar-refractivity contribution is 0.473. The van der Waals surface area contributed by atoms with E-state index in [9.17, 15) is 5.11 Å². The van der Waals surface area contributed by atoms with E-state index in [1.54, 1.807) is 18.2 Å². The third kappa shape index (κ3) is 2.71. The van der Waals surface area contributed by atoms with Crippen molar-refractivity contribution >= 4 is 0 Å². The largest absolute Gasteiger partial charge is 0.508 e. The van der Waals surface area contributed by atoms with Gasteiger partial charge in [-0.05, 0) is 43.0 Å². The predicted molar refractivity (Wildman–Crippen MR) is 57.2 cm³/mol. The Balaban J connectivity index is 2.01. The van der Waals surface area contributed by atoms with E-state index in [1.165, 1.54) is 12.8 Å². The first-order chi connectivity index (χ1) is 7.29. The van der Waals surface area contributed by atoms with Gasteiger partial charge in [-0.25, -0.2) is 0 Å². The first kappa shape index (κ1) is 10.0. The van der Waals surface area contributed by atoms with Gasteiger partial charge in [-0.2, -0.15) is 5.26 Å². The third-order valence-electron chi connectivity index (χ3n) is 2.64. The zero-order chi connectivity index (χ0) is 10.7. The van der Waals surface area contributed by atoms with Gasteiger partial charge in [0.15, 0.2) is 0 Å². The average molecular weight is 202 g/mol. The van der Waals surface area contributed by atoms with Crippen molar-refractivity contribution in [2.75, 3.05) is 6.54 Å².